The quantitative estimate of drug-likeness (QED) is 0.420. The van der Waals surface area contributed by atoms with Gasteiger partial charge in [0.25, 0.3) is 5.91 Å². The van der Waals surface area contributed by atoms with Crippen LogP contribution in [0.15, 0.2) is 21.9 Å². The molecule has 0 bridgehead atoms. The van der Waals surface area contributed by atoms with Crippen molar-refractivity contribution in [1.29, 1.82) is 0 Å². The molecule has 2 aliphatic heterocycles. The van der Waals surface area contributed by atoms with Crippen LogP contribution in [-0.4, -0.2) is 75.8 Å². The minimum absolute atomic E-state index is 0.0684. The smallest absolute Gasteiger partial charge is 0.253 e. The van der Waals surface area contributed by atoms with E-state index in [0.717, 1.165) is 14.9 Å². The Balaban J connectivity index is 1.49. The Bertz CT molecular complexity index is 1040. The first-order chi connectivity index (χ1) is 14.8. The maximum atomic E-state index is 13.0. The molecule has 4 rings (SSSR count). The highest BCUT2D eigenvalue weighted by Crippen LogP contribution is 2.42. The zero-order valence-corrected chi connectivity index (χ0v) is 19.5. The van der Waals surface area contributed by atoms with Gasteiger partial charge in [-0.3, -0.25) is 19.3 Å². The van der Waals surface area contributed by atoms with E-state index in [0.29, 0.717) is 17.2 Å². The fourth-order valence-electron chi connectivity index (χ4n) is 3.21. The molecule has 0 aromatic carbocycles. The predicted octanol–water partition coefficient (Wildman–Crippen LogP) is 0.504. The molecular formula is C17H20N8O3S3. The van der Waals surface area contributed by atoms with Gasteiger partial charge < -0.3 is 5.32 Å². The van der Waals surface area contributed by atoms with Crippen LogP contribution in [0, 0.1) is 12.8 Å². The number of carbonyl (C=O) groups excluding carboxylic acids is 3. The van der Waals surface area contributed by atoms with E-state index >= 15 is 0 Å². The molecule has 1 fully saturated rings. The van der Waals surface area contributed by atoms with E-state index in [1.807, 2.05) is 20.8 Å². The lowest BCUT2D eigenvalue weighted by molar-refractivity contribution is -0.148. The third-order valence-electron chi connectivity index (χ3n) is 4.70. The molecule has 2 aliphatic rings. The molecular weight excluding hydrogens is 460 g/mol. The summed E-state index contributed by atoms with van der Waals surface area (Å²) in [5, 5.41) is 22.1. The molecule has 2 aromatic rings. The zero-order valence-electron chi connectivity index (χ0n) is 17.0. The molecule has 1 N–H and O–H groups in total. The Labute approximate surface area is 190 Å². The highest BCUT2D eigenvalue weighted by molar-refractivity contribution is 8.01. The van der Waals surface area contributed by atoms with Crippen LogP contribution in [0.5, 0.6) is 0 Å². The molecule has 1 saturated heterocycles. The Morgan fingerprint density at radius 2 is 2.16 bits per heavy atom. The second-order valence-electron chi connectivity index (χ2n) is 7.31. The summed E-state index contributed by atoms with van der Waals surface area (Å²) < 4.78 is 2.11. The van der Waals surface area contributed by atoms with E-state index in [4.69, 9.17) is 0 Å². The van der Waals surface area contributed by atoms with Crippen LogP contribution in [0.25, 0.3) is 0 Å². The zero-order chi connectivity index (χ0) is 22.1. The number of carbonyl (C=O) groups is 3. The van der Waals surface area contributed by atoms with Crippen molar-refractivity contribution in [3.8, 4) is 0 Å². The van der Waals surface area contributed by atoms with E-state index in [1.54, 1.807) is 16.7 Å². The summed E-state index contributed by atoms with van der Waals surface area (Å²) in [6, 6.07) is -0.677. The average molecular weight is 481 g/mol. The van der Waals surface area contributed by atoms with Crippen LogP contribution in [-0.2, 0) is 20.9 Å². The summed E-state index contributed by atoms with van der Waals surface area (Å²) in [6.45, 7) is 5.45. The van der Waals surface area contributed by atoms with Crippen molar-refractivity contribution < 1.29 is 14.4 Å². The minimum Gasteiger partial charge on any atom is -0.340 e. The van der Waals surface area contributed by atoms with Gasteiger partial charge >= 0.3 is 0 Å². The molecule has 164 valence electrons. The van der Waals surface area contributed by atoms with Crippen LogP contribution in [0.1, 0.15) is 18.9 Å². The Morgan fingerprint density at radius 1 is 1.35 bits per heavy atom. The molecule has 2 aromatic heterocycles. The molecule has 0 aliphatic carbocycles. The number of hydrogen-bond donors (Lipinski definition) is 1. The van der Waals surface area contributed by atoms with Crippen molar-refractivity contribution in [3.05, 3.63) is 22.6 Å². The predicted molar refractivity (Wildman–Crippen MR) is 115 cm³/mol. The average Bonchev–Trinajstić information content (AvgIpc) is 3.40. The van der Waals surface area contributed by atoms with Crippen molar-refractivity contribution in [1.82, 2.24) is 40.6 Å². The van der Waals surface area contributed by atoms with Gasteiger partial charge in [-0.2, -0.15) is 0 Å². The number of nitrogens with one attached hydrogen (secondary N) is 1. The third kappa shape index (κ3) is 4.50. The van der Waals surface area contributed by atoms with Crippen molar-refractivity contribution >= 4 is 52.5 Å². The van der Waals surface area contributed by atoms with E-state index in [1.165, 1.54) is 34.1 Å². The Hall–Kier alpha value is -2.32. The van der Waals surface area contributed by atoms with Crippen LogP contribution in [0.3, 0.4) is 0 Å². The number of fused-ring (bicyclic) bond motifs is 1. The summed E-state index contributed by atoms with van der Waals surface area (Å²) in [5.41, 5.74) is 1.37. The molecule has 4 heterocycles. The second-order valence-corrected chi connectivity index (χ2v) is 10.8. The van der Waals surface area contributed by atoms with Gasteiger partial charge in [-0.05, 0) is 22.9 Å². The largest absolute Gasteiger partial charge is 0.340 e. The minimum atomic E-state index is -0.677. The highest BCUT2D eigenvalue weighted by atomic mass is 32.2. The molecule has 11 nitrogen and oxygen atoms in total. The number of aromatic nitrogens is 6. The third-order valence-corrected chi connectivity index (χ3v) is 8.09. The van der Waals surface area contributed by atoms with Gasteiger partial charge in [0.1, 0.15) is 29.3 Å². The highest BCUT2D eigenvalue weighted by Gasteiger charge is 2.54. The van der Waals surface area contributed by atoms with Crippen molar-refractivity contribution in [2.24, 2.45) is 5.92 Å². The number of hydrogen-bond acceptors (Lipinski definition) is 11. The number of amides is 2. The number of β-lactam (4-membered cyclic amide) rings is 1. The topological polar surface area (TPSA) is 136 Å². The standard InChI is InChI=1S/C17H20N8O3S3/c1-8(2)14(27)13-10(6-30-17-21-20-9(3)31-17)5-29-16-12(15(28)25(13)16)19-11(26)4-24-7-18-22-23-24/h7-8,12,16H,4-6H2,1-3H3,(H,19,26)/t12-,16-/m1/s1. The van der Waals surface area contributed by atoms with Gasteiger partial charge in [-0.15, -0.1) is 27.1 Å². The van der Waals surface area contributed by atoms with E-state index in [-0.39, 0.29) is 35.4 Å². The summed E-state index contributed by atoms with van der Waals surface area (Å²) in [6.07, 6.45) is 1.33. The molecule has 31 heavy (non-hydrogen) atoms. The van der Waals surface area contributed by atoms with Gasteiger partial charge in [-0.1, -0.05) is 36.9 Å². The molecule has 0 radical (unpaired) electrons. The van der Waals surface area contributed by atoms with Crippen molar-refractivity contribution in [2.75, 3.05) is 11.5 Å². The SMILES string of the molecule is Cc1nnc(SCC2=C(C(=O)C(C)C)N3C(=O)[C@@H](NC(=O)Cn4cnnn4)[C@H]3SC2)s1. The molecule has 0 unspecified atom stereocenters. The molecule has 14 heteroatoms. The molecule has 0 spiro atoms. The van der Waals surface area contributed by atoms with Crippen LogP contribution < -0.4 is 5.32 Å². The number of rotatable bonds is 8. The Kier molecular flexibility index (Phi) is 6.39. The van der Waals surface area contributed by atoms with Gasteiger partial charge in [0, 0.05) is 17.4 Å². The number of Topliss-reactive ketones (excluding diaryl/α,β-unsaturated/α-hetero) is 1. The lowest BCUT2D eigenvalue weighted by Crippen LogP contribution is -2.71. The maximum absolute atomic E-state index is 13.0. The number of aryl methyl sites for hydroxylation is 1. The molecule has 2 amide bonds. The van der Waals surface area contributed by atoms with Gasteiger partial charge in [0.15, 0.2) is 10.1 Å². The lowest BCUT2D eigenvalue weighted by Gasteiger charge is -2.50. The van der Waals surface area contributed by atoms with Crippen LogP contribution in [0.4, 0.5) is 0 Å². The van der Waals surface area contributed by atoms with E-state index < -0.39 is 6.04 Å². The number of nitrogens with zero attached hydrogens (tertiary/aromatic N) is 7. The fraction of sp³-hybridized carbons (Fsp3) is 0.529. The number of ketones is 1. The second kappa shape index (κ2) is 9.04. The first-order valence-electron chi connectivity index (χ1n) is 9.49. The molecule has 2 atom stereocenters. The van der Waals surface area contributed by atoms with Crippen molar-refractivity contribution in [2.45, 2.75) is 43.1 Å². The van der Waals surface area contributed by atoms with E-state index in [2.05, 4.69) is 31.0 Å². The summed E-state index contributed by atoms with van der Waals surface area (Å²) in [5.74, 6) is 0.208. The number of thioether (sulfide) groups is 2. The summed E-state index contributed by atoms with van der Waals surface area (Å²) in [4.78, 5) is 39.7. The van der Waals surface area contributed by atoms with Crippen molar-refractivity contribution in [3.63, 3.8) is 0 Å². The first-order valence-corrected chi connectivity index (χ1v) is 12.3. The first kappa shape index (κ1) is 21.9. The Morgan fingerprint density at radius 3 is 2.81 bits per heavy atom. The lowest BCUT2D eigenvalue weighted by atomic mass is 9.96. The van der Waals surface area contributed by atoms with Crippen LogP contribution in [0.2, 0.25) is 0 Å². The maximum Gasteiger partial charge on any atom is 0.253 e. The number of tetrazole rings is 1. The van der Waals surface area contributed by atoms with E-state index in [9.17, 15) is 14.4 Å². The fourth-order valence-corrected chi connectivity index (χ4v) is 6.51. The normalized spacial score (nSPS) is 20.6. The van der Waals surface area contributed by atoms with Gasteiger partial charge in [0.2, 0.25) is 5.91 Å². The summed E-state index contributed by atoms with van der Waals surface area (Å²) in [7, 11) is 0. The van der Waals surface area contributed by atoms with Gasteiger partial charge in [-0.25, -0.2) is 4.68 Å². The monoisotopic (exact) mass is 480 g/mol. The van der Waals surface area contributed by atoms with Crippen LogP contribution >= 0.6 is 34.9 Å². The molecule has 0 saturated carbocycles. The van der Waals surface area contributed by atoms with Gasteiger partial charge in [0.05, 0.1) is 5.70 Å². The number of allylic oxidation sites excluding steroid dienone is 1. The summed E-state index contributed by atoms with van der Waals surface area (Å²) >= 11 is 4.56.